The van der Waals surface area contributed by atoms with Crippen LogP contribution in [0.4, 0.5) is 0 Å². The lowest BCUT2D eigenvalue weighted by Crippen LogP contribution is -1.91. The molecule has 0 amide bonds. The summed E-state index contributed by atoms with van der Waals surface area (Å²) in [7, 11) is 0. The third kappa shape index (κ3) is 2.00. The Hall–Kier alpha value is -1.18. The van der Waals surface area contributed by atoms with Gasteiger partial charge in [0, 0.05) is 18.0 Å². The Balaban J connectivity index is 2.23. The normalized spacial score (nSPS) is 10.1. The van der Waals surface area contributed by atoms with Gasteiger partial charge in [0.25, 0.3) is 0 Å². The number of H-pyrrole nitrogens is 1. The molecule has 14 heavy (non-hydrogen) atoms. The molecule has 2 heterocycles. The molecule has 0 atom stereocenters. The van der Waals surface area contributed by atoms with Gasteiger partial charge in [0.15, 0.2) is 0 Å². The summed E-state index contributed by atoms with van der Waals surface area (Å²) in [5.41, 5.74) is 0.948. The highest BCUT2D eigenvalue weighted by molar-refractivity contribution is 14.1. The van der Waals surface area contributed by atoms with Gasteiger partial charge < -0.3 is 4.74 Å². The summed E-state index contributed by atoms with van der Waals surface area (Å²) < 4.78 is 6.28. The van der Waals surface area contributed by atoms with Gasteiger partial charge in [-0.2, -0.15) is 0 Å². The second-order valence-electron chi connectivity index (χ2n) is 2.67. The van der Waals surface area contributed by atoms with E-state index in [9.17, 15) is 0 Å². The Morgan fingerprint density at radius 3 is 3.00 bits per heavy atom. The topological polar surface area (TPSA) is 63.7 Å². The number of aromatic nitrogens is 4. The molecule has 2 rings (SSSR count). The smallest absolute Gasteiger partial charge is 0.240 e. The number of ether oxygens (including phenoxy) is 1. The molecule has 2 aromatic heterocycles. The van der Waals surface area contributed by atoms with Crippen LogP contribution in [0.2, 0.25) is 0 Å². The second kappa shape index (κ2) is 3.91. The summed E-state index contributed by atoms with van der Waals surface area (Å²) >= 11 is 2.11. The second-order valence-corrected chi connectivity index (χ2v) is 3.83. The average Bonchev–Trinajstić information content (AvgIpc) is 2.56. The van der Waals surface area contributed by atoms with Gasteiger partial charge in [-0.3, -0.25) is 5.10 Å². The molecule has 5 nitrogen and oxygen atoms in total. The Morgan fingerprint density at radius 2 is 2.36 bits per heavy atom. The van der Waals surface area contributed by atoms with E-state index in [4.69, 9.17) is 4.74 Å². The quantitative estimate of drug-likeness (QED) is 0.861. The fourth-order valence-corrected chi connectivity index (χ4v) is 1.33. The van der Waals surface area contributed by atoms with Crippen LogP contribution in [-0.2, 0) is 0 Å². The molecule has 0 spiro atoms. The zero-order valence-corrected chi connectivity index (χ0v) is 9.52. The Bertz CT molecular complexity index is 442. The summed E-state index contributed by atoms with van der Waals surface area (Å²) in [5, 5.41) is 6.73. The summed E-state index contributed by atoms with van der Waals surface area (Å²) in [6, 6.07) is 1.80. The van der Waals surface area contributed by atoms with Crippen LogP contribution in [0.25, 0.3) is 0 Å². The van der Waals surface area contributed by atoms with Gasteiger partial charge in [-0.1, -0.05) is 0 Å². The van der Waals surface area contributed by atoms with E-state index in [2.05, 4.69) is 42.8 Å². The van der Waals surface area contributed by atoms with Crippen molar-refractivity contribution in [1.29, 1.82) is 0 Å². The Kier molecular flexibility index (Phi) is 2.62. The molecule has 0 aliphatic carbocycles. The molecule has 0 unspecified atom stereocenters. The third-order valence-electron chi connectivity index (χ3n) is 1.52. The van der Waals surface area contributed by atoms with Crippen LogP contribution in [0.15, 0.2) is 18.6 Å². The molecule has 1 N–H and O–H groups in total. The van der Waals surface area contributed by atoms with Crippen LogP contribution < -0.4 is 4.74 Å². The lowest BCUT2D eigenvalue weighted by Gasteiger charge is -2.00. The highest BCUT2D eigenvalue weighted by atomic mass is 127. The number of hydrogen-bond donors (Lipinski definition) is 1. The molecule has 2 aromatic rings. The summed E-state index contributed by atoms with van der Waals surface area (Å²) in [6.07, 6.45) is 3.12. The molecule has 0 aromatic carbocycles. The highest BCUT2D eigenvalue weighted by Crippen LogP contribution is 2.21. The van der Waals surface area contributed by atoms with E-state index in [1.807, 2.05) is 6.92 Å². The maximum atomic E-state index is 5.43. The SMILES string of the molecule is Cc1cc(Oc2ncncc2I)n[nH]1. The van der Waals surface area contributed by atoms with Gasteiger partial charge in [0.2, 0.25) is 11.8 Å². The minimum absolute atomic E-state index is 0.513. The van der Waals surface area contributed by atoms with Crippen LogP contribution in [0.1, 0.15) is 5.69 Å². The van der Waals surface area contributed by atoms with E-state index in [0.29, 0.717) is 11.8 Å². The first-order chi connectivity index (χ1) is 6.75. The number of nitrogens with zero attached hydrogens (tertiary/aromatic N) is 3. The zero-order chi connectivity index (χ0) is 9.97. The molecular weight excluding hydrogens is 295 g/mol. The number of nitrogens with one attached hydrogen (secondary N) is 1. The van der Waals surface area contributed by atoms with Crippen molar-refractivity contribution in [2.24, 2.45) is 0 Å². The maximum Gasteiger partial charge on any atom is 0.240 e. The van der Waals surface area contributed by atoms with E-state index in [-0.39, 0.29) is 0 Å². The molecule has 0 saturated heterocycles. The van der Waals surface area contributed by atoms with Crippen molar-refractivity contribution in [3.8, 4) is 11.8 Å². The van der Waals surface area contributed by atoms with Crippen molar-refractivity contribution in [3.63, 3.8) is 0 Å². The molecule has 6 heteroatoms. The van der Waals surface area contributed by atoms with Crippen LogP contribution in [0.3, 0.4) is 0 Å². The monoisotopic (exact) mass is 302 g/mol. The summed E-state index contributed by atoms with van der Waals surface area (Å²) in [4.78, 5) is 7.85. The highest BCUT2D eigenvalue weighted by Gasteiger charge is 2.05. The molecule has 0 aliphatic heterocycles. The van der Waals surface area contributed by atoms with Gasteiger partial charge in [0.05, 0.1) is 3.57 Å². The number of aromatic amines is 1. The van der Waals surface area contributed by atoms with Crippen molar-refractivity contribution in [1.82, 2.24) is 20.2 Å². The molecule has 72 valence electrons. The standard InChI is InChI=1S/C8H7IN4O/c1-5-2-7(13-12-5)14-8-6(9)3-10-4-11-8/h2-4H,1H3,(H,12,13). The summed E-state index contributed by atoms with van der Waals surface area (Å²) in [5.74, 6) is 1.03. The van der Waals surface area contributed by atoms with Crippen LogP contribution in [0, 0.1) is 10.5 Å². The fourth-order valence-electron chi connectivity index (χ4n) is 0.921. The number of halogens is 1. The minimum atomic E-state index is 0.513. The van der Waals surface area contributed by atoms with E-state index >= 15 is 0 Å². The molecule has 0 bridgehead atoms. The average molecular weight is 302 g/mol. The number of hydrogen-bond acceptors (Lipinski definition) is 4. The van der Waals surface area contributed by atoms with E-state index < -0.39 is 0 Å². The first kappa shape index (κ1) is 9.38. The fraction of sp³-hybridized carbons (Fsp3) is 0.125. The van der Waals surface area contributed by atoms with Crippen LogP contribution in [0.5, 0.6) is 11.8 Å². The van der Waals surface area contributed by atoms with Crippen molar-refractivity contribution in [2.75, 3.05) is 0 Å². The largest absolute Gasteiger partial charge is 0.418 e. The molecule has 0 aliphatic rings. The summed E-state index contributed by atoms with van der Waals surface area (Å²) in [6.45, 7) is 1.91. The minimum Gasteiger partial charge on any atom is -0.418 e. The van der Waals surface area contributed by atoms with Gasteiger partial charge in [-0.25, -0.2) is 9.97 Å². The van der Waals surface area contributed by atoms with Gasteiger partial charge in [-0.05, 0) is 29.5 Å². The molecular formula is C8H7IN4O. The maximum absolute atomic E-state index is 5.43. The van der Waals surface area contributed by atoms with Crippen molar-refractivity contribution in [2.45, 2.75) is 6.92 Å². The first-order valence-corrected chi connectivity index (χ1v) is 4.99. The van der Waals surface area contributed by atoms with Crippen LogP contribution >= 0.6 is 22.6 Å². The van der Waals surface area contributed by atoms with Gasteiger partial charge in [-0.15, -0.1) is 5.10 Å². The molecule has 0 fully saturated rings. The Labute approximate surface area is 94.1 Å². The lowest BCUT2D eigenvalue weighted by atomic mass is 10.5. The first-order valence-electron chi connectivity index (χ1n) is 3.91. The number of rotatable bonds is 2. The Morgan fingerprint density at radius 1 is 1.50 bits per heavy atom. The van der Waals surface area contributed by atoms with E-state index in [1.165, 1.54) is 6.33 Å². The van der Waals surface area contributed by atoms with Crippen LogP contribution in [-0.4, -0.2) is 20.2 Å². The van der Waals surface area contributed by atoms with Crippen molar-refractivity contribution in [3.05, 3.63) is 27.9 Å². The lowest BCUT2D eigenvalue weighted by molar-refractivity contribution is 0.438. The van der Waals surface area contributed by atoms with Gasteiger partial charge >= 0.3 is 0 Å². The predicted octanol–water partition coefficient (Wildman–Crippen LogP) is 1.91. The molecule has 0 radical (unpaired) electrons. The molecule has 0 saturated carbocycles. The van der Waals surface area contributed by atoms with E-state index in [0.717, 1.165) is 9.26 Å². The van der Waals surface area contributed by atoms with Crippen molar-refractivity contribution >= 4 is 22.6 Å². The van der Waals surface area contributed by atoms with Gasteiger partial charge in [0.1, 0.15) is 6.33 Å². The van der Waals surface area contributed by atoms with E-state index in [1.54, 1.807) is 12.3 Å². The predicted molar refractivity (Wildman–Crippen MR) is 58.1 cm³/mol. The van der Waals surface area contributed by atoms with Crippen molar-refractivity contribution < 1.29 is 4.74 Å². The number of aryl methyl sites for hydroxylation is 1. The third-order valence-corrected chi connectivity index (χ3v) is 2.26. The zero-order valence-electron chi connectivity index (χ0n) is 7.36.